The Morgan fingerprint density at radius 3 is 2.09 bits per heavy atom. The Kier molecular flexibility index (Phi) is 11.0. The molecule has 43 heavy (non-hydrogen) atoms. The average Bonchev–Trinajstić information content (AvgIpc) is 3.44. The monoisotopic (exact) mass is 618 g/mol. The molecule has 0 unspecified atom stereocenters. The SMILES string of the molecule is CC(=O)OC[C@H]1O[C@H](c2ccc(Cl)c(Cc3ccc(O[C@@H]4CCOC4)cc3)c2)[C@H](OC(C)=O)[C@@H](OC(C)=O)[C@@H]1OC(C)=O. The lowest BCUT2D eigenvalue weighted by Gasteiger charge is -2.44. The lowest BCUT2D eigenvalue weighted by Crippen LogP contribution is -2.59. The third-order valence-electron chi connectivity index (χ3n) is 6.90. The number of hydrogen-bond donors (Lipinski definition) is 0. The molecule has 0 aliphatic carbocycles. The standard InChI is InChI=1S/C31H35ClO11/c1-17(33)38-16-27-29(39-18(2)34)31(41-20(4)36)30(40-19(3)35)28(43-27)22-7-10-26(32)23(14-22)13-21-5-8-24(9-6-21)42-25-11-12-37-15-25/h5-10,14,25,27-31H,11-13,15-16H2,1-4H3/t25-,27-,28-,29-,30+,31+/m1/s1. The van der Waals surface area contributed by atoms with Crippen LogP contribution in [0.2, 0.25) is 5.02 Å². The molecule has 2 fully saturated rings. The Labute approximate surface area is 254 Å². The van der Waals surface area contributed by atoms with E-state index in [2.05, 4.69) is 0 Å². The van der Waals surface area contributed by atoms with Gasteiger partial charge in [0.05, 0.1) is 13.2 Å². The molecule has 2 aliphatic rings. The summed E-state index contributed by atoms with van der Waals surface area (Å²) >= 11 is 6.59. The molecular weight excluding hydrogens is 584 g/mol. The molecule has 0 amide bonds. The second kappa shape index (κ2) is 14.7. The zero-order valence-electron chi connectivity index (χ0n) is 24.4. The predicted octanol–water partition coefficient (Wildman–Crippen LogP) is 3.90. The summed E-state index contributed by atoms with van der Waals surface area (Å²) in [6, 6.07) is 12.9. The van der Waals surface area contributed by atoms with Gasteiger partial charge in [-0.1, -0.05) is 35.9 Å². The quantitative estimate of drug-likeness (QED) is 0.284. The summed E-state index contributed by atoms with van der Waals surface area (Å²) in [5.74, 6) is -1.90. The van der Waals surface area contributed by atoms with Gasteiger partial charge in [0.2, 0.25) is 0 Å². The van der Waals surface area contributed by atoms with Gasteiger partial charge in [-0.2, -0.15) is 0 Å². The highest BCUT2D eigenvalue weighted by atomic mass is 35.5. The second-order valence-electron chi connectivity index (χ2n) is 10.4. The summed E-state index contributed by atoms with van der Waals surface area (Å²) in [4.78, 5) is 48.0. The molecule has 0 bridgehead atoms. The van der Waals surface area contributed by atoms with Crippen molar-refractivity contribution in [3.63, 3.8) is 0 Å². The maximum Gasteiger partial charge on any atom is 0.303 e. The fourth-order valence-electron chi connectivity index (χ4n) is 5.11. The molecule has 2 aromatic rings. The van der Waals surface area contributed by atoms with Crippen LogP contribution in [0.3, 0.4) is 0 Å². The third kappa shape index (κ3) is 8.92. The van der Waals surface area contributed by atoms with Gasteiger partial charge in [-0.15, -0.1) is 0 Å². The minimum atomic E-state index is -1.26. The Hall–Kier alpha value is -3.67. The summed E-state index contributed by atoms with van der Waals surface area (Å²) < 4.78 is 39.4. The normalized spacial score (nSPS) is 25.0. The lowest BCUT2D eigenvalue weighted by molar-refractivity contribution is -0.254. The molecule has 2 heterocycles. The number of ether oxygens (including phenoxy) is 7. The van der Waals surface area contributed by atoms with Crippen LogP contribution < -0.4 is 4.74 Å². The van der Waals surface area contributed by atoms with Gasteiger partial charge in [-0.05, 0) is 41.3 Å². The van der Waals surface area contributed by atoms with Gasteiger partial charge in [0.1, 0.15) is 30.7 Å². The summed E-state index contributed by atoms with van der Waals surface area (Å²) in [7, 11) is 0. The first-order valence-corrected chi connectivity index (χ1v) is 14.3. The highest BCUT2D eigenvalue weighted by molar-refractivity contribution is 6.31. The van der Waals surface area contributed by atoms with Crippen LogP contribution in [-0.2, 0) is 54.0 Å². The lowest BCUT2D eigenvalue weighted by atomic mass is 9.89. The van der Waals surface area contributed by atoms with Crippen molar-refractivity contribution in [1.29, 1.82) is 0 Å². The number of esters is 4. The van der Waals surface area contributed by atoms with Crippen LogP contribution in [0.4, 0.5) is 0 Å². The maximum absolute atomic E-state index is 12.2. The molecule has 4 rings (SSSR count). The van der Waals surface area contributed by atoms with Gasteiger partial charge >= 0.3 is 23.9 Å². The Morgan fingerprint density at radius 2 is 1.49 bits per heavy atom. The number of carbonyl (C=O) groups excluding carboxylic acids is 4. The molecule has 2 aliphatic heterocycles. The van der Waals surface area contributed by atoms with Crippen molar-refractivity contribution < 1.29 is 52.3 Å². The fraction of sp³-hybridized carbons (Fsp3) is 0.484. The molecule has 2 aromatic carbocycles. The Morgan fingerprint density at radius 1 is 0.837 bits per heavy atom. The minimum Gasteiger partial charge on any atom is -0.488 e. The predicted molar refractivity (Wildman–Crippen MR) is 151 cm³/mol. The van der Waals surface area contributed by atoms with Crippen LogP contribution in [0, 0.1) is 0 Å². The largest absolute Gasteiger partial charge is 0.488 e. The minimum absolute atomic E-state index is 0.0403. The van der Waals surface area contributed by atoms with Crippen molar-refractivity contribution in [3.05, 3.63) is 64.2 Å². The van der Waals surface area contributed by atoms with E-state index in [1.165, 1.54) is 27.7 Å². The number of halogens is 1. The van der Waals surface area contributed by atoms with E-state index in [0.717, 1.165) is 23.3 Å². The molecular formula is C31H35ClO11. The van der Waals surface area contributed by atoms with E-state index in [9.17, 15) is 19.2 Å². The van der Waals surface area contributed by atoms with Crippen LogP contribution in [0.25, 0.3) is 0 Å². The van der Waals surface area contributed by atoms with Crippen LogP contribution in [0.15, 0.2) is 42.5 Å². The van der Waals surface area contributed by atoms with E-state index in [4.69, 9.17) is 44.8 Å². The molecule has 0 saturated carbocycles. The summed E-state index contributed by atoms with van der Waals surface area (Å²) in [5.41, 5.74) is 2.28. The topological polar surface area (TPSA) is 133 Å². The van der Waals surface area contributed by atoms with Crippen LogP contribution in [0.1, 0.15) is 56.9 Å². The van der Waals surface area contributed by atoms with E-state index in [0.29, 0.717) is 30.2 Å². The Balaban J connectivity index is 1.65. The number of benzene rings is 2. The molecule has 0 radical (unpaired) electrons. The summed E-state index contributed by atoms with van der Waals surface area (Å²) in [5, 5.41) is 0.498. The van der Waals surface area contributed by atoms with Crippen molar-refractivity contribution >= 4 is 35.5 Å². The van der Waals surface area contributed by atoms with Crippen LogP contribution in [0.5, 0.6) is 5.75 Å². The zero-order chi connectivity index (χ0) is 31.1. The Bertz CT molecular complexity index is 1310. The van der Waals surface area contributed by atoms with Crippen molar-refractivity contribution in [3.8, 4) is 5.75 Å². The molecule has 6 atom stereocenters. The molecule has 2 saturated heterocycles. The molecule has 11 nitrogen and oxygen atoms in total. The molecule has 232 valence electrons. The maximum atomic E-state index is 12.2. The fourth-order valence-corrected chi connectivity index (χ4v) is 5.29. The van der Waals surface area contributed by atoms with Crippen LogP contribution >= 0.6 is 11.6 Å². The van der Waals surface area contributed by atoms with Gasteiger partial charge in [0, 0.05) is 39.1 Å². The summed E-state index contributed by atoms with van der Waals surface area (Å²) in [6.07, 6.45) is -4.39. The van der Waals surface area contributed by atoms with E-state index in [-0.39, 0.29) is 12.7 Å². The van der Waals surface area contributed by atoms with E-state index < -0.39 is 54.4 Å². The van der Waals surface area contributed by atoms with E-state index >= 15 is 0 Å². The van der Waals surface area contributed by atoms with Crippen molar-refractivity contribution in [2.45, 2.75) is 77.2 Å². The zero-order valence-corrected chi connectivity index (χ0v) is 25.2. The smallest absolute Gasteiger partial charge is 0.303 e. The number of rotatable bonds is 10. The highest BCUT2D eigenvalue weighted by Crippen LogP contribution is 2.39. The number of carbonyl (C=O) groups is 4. The molecule has 0 spiro atoms. The van der Waals surface area contributed by atoms with Gasteiger partial charge in [0.25, 0.3) is 0 Å². The van der Waals surface area contributed by atoms with E-state index in [1.807, 2.05) is 30.3 Å². The first-order chi connectivity index (χ1) is 20.5. The molecule has 0 N–H and O–H groups in total. The summed E-state index contributed by atoms with van der Waals surface area (Å²) in [6.45, 7) is 5.73. The third-order valence-corrected chi connectivity index (χ3v) is 7.27. The van der Waals surface area contributed by atoms with Gasteiger partial charge < -0.3 is 33.2 Å². The van der Waals surface area contributed by atoms with E-state index in [1.54, 1.807) is 12.1 Å². The van der Waals surface area contributed by atoms with Crippen molar-refractivity contribution in [2.24, 2.45) is 0 Å². The second-order valence-corrected chi connectivity index (χ2v) is 10.8. The molecule has 0 aromatic heterocycles. The van der Waals surface area contributed by atoms with Gasteiger partial charge in [0.15, 0.2) is 18.3 Å². The van der Waals surface area contributed by atoms with Gasteiger partial charge in [-0.25, -0.2) is 0 Å². The first kappa shape index (κ1) is 32.2. The van der Waals surface area contributed by atoms with Crippen molar-refractivity contribution in [2.75, 3.05) is 19.8 Å². The van der Waals surface area contributed by atoms with Crippen LogP contribution in [-0.4, -0.2) is 74.2 Å². The van der Waals surface area contributed by atoms with Crippen molar-refractivity contribution in [1.82, 2.24) is 0 Å². The molecule has 12 heteroatoms. The number of hydrogen-bond acceptors (Lipinski definition) is 11. The first-order valence-electron chi connectivity index (χ1n) is 13.9. The van der Waals surface area contributed by atoms with Gasteiger partial charge in [-0.3, -0.25) is 19.2 Å². The average molecular weight is 619 g/mol. The highest BCUT2D eigenvalue weighted by Gasteiger charge is 2.52.